The fraction of sp³-hybridized carbons (Fsp3) is 0.353. The Balaban J connectivity index is 2.36. The number of nitrogens with zero attached hydrogens (tertiary/aromatic N) is 3. The smallest absolute Gasteiger partial charge is 0.0897 e. The van der Waals surface area contributed by atoms with E-state index < -0.39 is 0 Å². The summed E-state index contributed by atoms with van der Waals surface area (Å²) >= 11 is 0. The Labute approximate surface area is 119 Å². The fourth-order valence-electron chi connectivity index (χ4n) is 2.52. The average Bonchev–Trinajstić information content (AvgIpc) is 2.42. The van der Waals surface area contributed by atoms with E-state index in [-0.39, 0.29) is 5.41 Å². The maximum atomic E-state index is 4.88. The summed E-state index contributed by atoms with van der Waals surface area (Å²) in [6.07, 6.45) is 4.59. The van der Waals surface area contributed by atoms with Gasteiger partial charge in [0.2, 0.25) is 0 Å². The molecule has 1 aromatic carbocycles. The van der Waals surface area contributed by atoms with Gasteiger partial charge in [0.1, 0.15) is 0 Å². The van der Waals surface area contributed by atoms with E-state index in [2.05, 4.69) is 44.8 Å². The predicted octanol–water partition coefficient (Wildman–Crippen LogP) is 4.04. The first-order valence-corrected chi connectivity index (χ1v) is 7.04. The van der Waals surface area contributed by atoms with E-state index in [1.807, 2.05) is 18.5 Å². The molecule has 0 amide bonds. The molecule has 0 atom stereocenters. The molecule has 0 fully saturated rings. The first-order chi connectivity index (χ1) is 9.49. The first-order valence-electron chi connectivity index (χ1n) is 7.04. The highest BCUT2D eigenvalue weighted by molar-refractivity contribution is 5.94. The van der Waals surface area contributed by atoms with Crippen LogP contribution in [0.2, 0.25) is 0 Å². The average molecular weight is 265 g/mol. The summed E-state index contributed by atoms with van der Waals surface area (Å²) in [5.41, 5.74) is 4.12. The predicted molar refractivity (Wildman–Crippen MR) is 82.9 cm³/mol. The highest BCUT2D eigenvalue weighted by Gasteiger charge is 2.21. The molecule has 0 aliphatic heterocycles. The van der Waals surface area contributed by atoms with Crippen LogP contribution < -0.4 is 0 Å². The molecule has 0 aliphatic rings. The summed E-state index contributed by atoms with van der Waals surface area (Å²) in [6.45, 7) is 8.70. The molecule has 3 rings (SSSR count). The van der Waals surface area contributed by atoms with Gasteiger partial charge in [-0.1, -0.05) is 27.7 Å². The van der Waals surface area contributed by atoms with E-state index in [9.17, 15) is 0 Å². The van der Waals surface area contributed by atoms with Crippen LogP contribution in [0, 0.1) is 0 Å². The highest BCUT2D eigenvalue weighted by Crippen LogP contribution is 2.27. The quantitative estimate of drug-likeness (QED) is 0.623. The fourth-order valence-corrected chi connectivity index (χ4v) is 2.52. The van der Waals surface area contributed by atoms with Crippen molar-refractivity contribution in [1.29, 1.82) is 0 Å². The minimum absolute atomic E-state index is 0.0136. The number of hydrogen-bond donors (Lipinski definition) is 0. The molecule has 0 saturated carbocycles. The summed E-state index contributed by atoms with van der Waals surface area (Å²) in [5.74, 6) is 0. The zero-order chi connectivity index (χ0) is 14.3. The van der Waals surface area contributed by atoms with Gasteiger partial charge in [-0.3, -0.25) is 4.98 Å². The lowest BCUT2D eigenvalue weighted by molar-refractivity contribution is 0.559. The number of aromatic nitrogens is 3. The molecule has 2 aromatic heterocycles. The lowest BCUT2D eigenvalue weighted by Crippen LogP contribution is -2.17. The Morgan fingerprint density at radius 3 is 2.40 bits per heavy atom. The maximum Gasteiger partial charge on any atom is 0.0897 e. The number of aryl methyl sites for hydroxylation is 1. The minimum atomic E-state index is 0.0136. The number of benzene rings is 1. The Kier molecular flexibility index (Phi) is 2.93. The molecule has 0 unspecified atom stereocenters. The van der Waals surface area contributed by atoms with Crippen molar-refractivity contribution in [3.05, 3.63) is 42.0 Å². The number of hydrogen-bond acceptors (Lipinski definition) is 3. The van der Waals surface area contributed by atoms with Crippen LogP contribution in [0.1, 0.15) is 39.1 Å². The van der Waals surface area contributed by atoms with Crippen LogP contribution in [0.3, 0.4) is 0 Å². The molecule has 0 aliphatic carbocycles. The van der Waals surface area contributed by atoms with Crippen molar-refractivity contribution in [3.8, 4) is 0 Å². The number of fused-ring (bicyclic) bond motifs is 2. The van der Waals surface area contributed by atoms with Gasteiger partial charge in [0, 0.05) is 23.2 Å². The monoisotopic (exact) mass is 265 g/mol. The molecule has 0 bridgehead atoms. The Morgan fingerprint density at radius 1 is 1.00 bits per heavy atom. The Morgan fingerprint density at radius 2 is 1.70 bits per heavy atom. The van der Waals surface area contributed by atoms with Gasteiger partial charge in [0.25, 0.3) is 0 Å². The second-order valence-electron chi connectivity index (χ2n) is 6.19. The van der Waals surface area contributed by atoms with E-state index in [1.165, 1.54) is 0 Å². The van der Waals surface area contributed by atoms with Crippen LogP contribution in [0.25, 0.3) is 21.8 Å². The van der Waals surface area contributed by atoms with Crippen LogP contribution in [0.5, 0.6) is 0 Å². The molecule has 102 valence electrons. The molecular weight excluding hydrogens is 246 g/mol. The molecule has 0 radical (unpaired) electrons. The van der Waals surface area contributed by atoms with Gasteiger partial charge >= 0.3 is 0 Å². The van der Waals surface area contributed by atoms with E-state index in [4.69, 9.17) is 9.97 Å². The first kappa shape index (κ1) is 13.0. The van der Waals surface area contributed by atoms with E-state index >= 15 is 0 Å². The van der Waals surface area contributed by atoms with E-state index in [1.54, 1.807) is 0 Å². The van der Waals surface area contributed by atoms with Crippen molar-refractivity contribution < 1.29 is 0 Å². The summed E-state index contributed by atoms with van der Waals surface area (Å²) in [6, 6.07) is 6.20. The van der Waals surface area contributed by atoms with Gasteiger partial charge in [0.05, 0.1) is 22.4 Å². The van der Waals surface area contributed by atoms with Crippen LogP contribution in [0.4, 0.5) is 0 Å². The van der Waals surface area contributed by atoms with Gasteiger partial charge < -0.3 is 0 Å². The number of pyridine rings is 1. The Bertz CT molecular complexity index is 785. The third kappa shape index (κ3) is 2.13. The van der Waals surface area contributed by atoms with Crippen molar-refractivity contribution >= 4 is 21.8 Å². The van der Waals surface area contributed by atoms with Crippen molar-refractivity contribution in [2.75, 3.05) is 0 Å². The van der Waals surface area contributed by atoms with Crippen LogP contribution in [-0.4, -0.2) is 15.0 Å². The molecular formula is C17H19N3. The lowest BCUT2D eigenvalue weighted by Gasteiger charge is -2.21. The summed E-state index contributed by atoms with van der Waals surface area (Å²) < 4.78 is 0. The van der Waals surface area contributed by atoms with Gasteiger partial charge in [0.15, 0.2) is 0 Å². The molecule has 3 heteroatoms. The Hall–Kier alpha value is -2.03. The van der Waals surface area contributed by atoms with Gasteiger partial charge in [-0.15, -0.1) is 0 Å². The highest BCUT2D eigenvalue weighted by atomic mass is 14.8. The van der Waals surface area contributed by atoms with Crippen molar-refractivity contribution in [1.82, 2.24) is 15.0 Å². The standard InChI is InChI=1S/C17H19N3/c1-5-13-16(17(2,3)4)20-15-8-11-6-7-18-10-12(11)9-14(15)19-13/h6-10H,5H2,1-4H3. The normalized spacial score (nSPS) is 12.2. The molecule has 0 N–H and O–H groups in total. The molecule has 3 aromatic rings. The van der Waals surface area contributed by atoms with Gasteiger partial charge in [-0.25, -0.2) is 9.97 Å². The second-order valence-corrected chi connectivity index (χ2v) is 6.19. The summed E-state index contributed by atoms with van der Waals surface area (Å²) in [5, 5.41) is 2.27. The topological polar surface area (TPSA) is 38.7 Å². The molecule has 2 heterocycles. The molecule has 0 spiro atoms. The van der Waals surface area contributed by atoms with Crippen LogP contribution in [0.15, 0.2) is 30.6 Å². The van der Waals surface area contributed by atoms with Crippen LogP contribution >= 0.6 is 0 Å². The van der Waals surface area contributed by atoms with E-state index in [0.29, 0.717) is 0 Å². The SMILES string of the molecule is CCc1nc2cc3cnccc3cc2nc1C(C)(C)C. The molecule has 0 saturated heterocycles. The van der Waals surface area contributed by atoms with Crippen molar-refractivity contribution in [2.45, 2.75) is 39.5 Å². The maximum absolute atomic E-state index is 4.88. The largest absolute Gasteiger partial charge is 0.264 e. The van der Waals surface area contributed by atoms with E-state index in [0.717, 1.165) is 39.6 Å². The summed E-state index contributed by atoms with van der Waals surface area (Å²) in [7, 11) is 0. The second kappa shape index (κ2) is 4.51. The van der Waals surface area contributed by atoms with Crippen molar-refractivity contribution in [3.63, 3.8) is 0 Å². The van der Waals surface area contributed by atoms with Crippen LogP contribution in [-0.2, 0) is 11.8 Å². The third-order valence-electron chi connectivity index (χ3n) is 3.54. The minimum Gasteiger partial charge on any atom is -0.264 e. The lowest BCUT2D eigenvalue weighted by atomic mass is 9.89. The van der Waals surface area contributed by atoms with Gasteiger partial charge in [-0.05, 0) is 30.0 Å². The van der Waals surface area contributed by atoms with Gasteiger partial charge in [-0.2, -0.15) is 0 Å². The molecule has 20 heavy (non-hydrogen) atoms. The number of rotatable bonds is 1. The zero-order valence-corrected chi connectivity index (χ0v) is 12.4. The van der Waals surface area contributed by atoms with Crippen molar-refractivity contribution in [2.24, 2.45) is 0 Å². The summed E-state index contributed by atoms with van der Waals surface area (Å²) in [4.78, 5) is 13.9. The third-order valence-corrected chi connectivity index (χ3v) is 3.54. The molecule has 3 nitrogen and oxygen atoms in total. The zero-order valence-electron chi connectivity index (χ0n) is 12.4.